The van der Waals surface area contributed by atoms with Gasteiger partial charge in [0.2, 0.25) is 15.9 Å². The molecular formula is C18H28N4O4S. The standard InChI is InChI=1S/C18H28N4O4S/c1-14(23)20-12-15-3-4-17(26-2)18(11-15)27(24,25)22-8-5-16(13-22)21-9-6-19-7-10-21/h3-4,11,16,19H,5-10,12-13H2,1-2H3,(H,20,23). The molecule has 1 atom stereocenters. The quantitative estimate of drug-likeness (QED) is 0.703. The van der Waals surface area contributed by atoms with E-state index in [4.69, 9.17) is 4.74 Å². The highest BCUT2D eigenvalue weighted by atomic mass is 32.2. The number of sulfonamides is 1. The molecule has 1 aromatic carbocycles. The molecule has 2 N–H and O–H groups in total. The first-order valence-corrected chi connectivity index (χ1v) is 10.7. The number of methoxy groups -OCH3 is 1. The number of carbonyl (C=O) groups is 1. The summed E-state index contributed by atoms with van der Waals surface area (Å²) in [6.07, 6.45) is 0.840. The van der Waals surface area contributed by atoms with Gasteiger partial charge >= 0.3 is 0 Å². The third-order valence-electron chi connectivity index (χ3n) is 5.18. The van der Waals surface area contributed by atoms with E-state index >= 15 is 0 Å². The molecule has 27 heavy (non-hydrogen) atoms. The van der Waals surface area contributed by atoms with Crippen molar-refractivity contribution in [1.82, 2.24) is 19.8 Å². The van der Waals surface area contributed by atoms with Gasteiger partial charge in [-0.05, 0) is 24.1 Å². The third-order valence-corrected chi connectivity index (χ3v) is 7.07. The van der Waals surface area contributed by atoms with Gasteiger partial charge in [0.1, 0.15) is 10.6 Å². The van der Waals surface area contributed by atoms with E-state index < -0.39 is 10.0 Å². The SMILES string of the molecule is COc1ccc(CNC(C)=O)cc1S(=O)(=O)N1CCC(N2CCNCC2)C1. The normalized spacial score (nSPS) is 21.9. The van der Waals surface area contributed by atoms with Crippen LogP contribution in [-0.4, -0.2) is 76.0 Å². The number of piperazine rings is 1. The lowest BCUT2D eigenvalue weighted by Gasteiger charge is -2.32. The van der Waals surface area contributed by atoms with Crippen LogP contribution in [0.1, 0.15) is 18.9 Å². The number of ether oxygens (including phenoxy) is 1. The molecule has 3 rings (SSSR count). The van der Waals surface area contributed by atoms with Crippen LogP contribution >= 0.6 is 0 Å². The van der Waals surface area contributed by atoms with Crippen LogP contribution in [0.4, 0.5) is 0 Å². The van der Waals surface area contributed by atoms with Gasteiger partial charge in [0.05, 0.1) is 7.11 Å². The second kappa shape index (κ2) is 8.55. The molecule has 2 fully saturated rings. The van der Waals surface area contributed by atoms with E-state index in [0.717, 1.165) is 38.2 Å². The molecule has 2 aliphatic rings. The van der Waals surface area contributed by atoms with Crippen LogP contribution in [-0.2, 0) is 21.4 Å². The van der Waals surface area contributed by atoms with Gasteiger partial charge in [0, 0.05) is 58.8 Å². The molecule has 0 aromatic heterocycles. The molecule has 0 radical (unpaired) electrons. The van der Waals surface area contributed by atoms with Crippen molar-refractivity contribution in [1.29, 1.82) is 0 Å². The van der Waals surface area contributed by atoms with Crippen molar-refractivity contribution in [2.75, 3.05) is 46.4 Å². The fourth-order valence-corrected chi connectivity index (χ4v) is 5.37. The average molecular weight is 397 g/mol. The van der Waals surface area contributed by atoms with E-state index in [2.05, 4.69) is 15.5 Å². The van der Waals surface area contributed by atoms with Crippen molar-refractivity contribution in [2.45, 2.75) is 30.8 Å². The Kier molecular flexibility index (Phi) is 6.36. The molecule has 1 unspecified atom stereocenters. The lowest BCUT2D eigenvalue weighted by Crippen LogP contribution is -2.49. The highest BCUT2D eigenvalue weighted by molar-refractivity contribution is 7.89. The maximum absolute atomic E-state index is 13.3. The Bertz CT molecular complexity index is 778. The summed E-state index contributed by atoms with van der Waals surface area (Å²) in [7, 11) is -2.19. The summed E-state index contributed by atoms with van der Waals surface area (Å²) in [6, 6.07) is 5.27. The van der Waals surface area contributed by atoms with E-state index in [1.165, 1.54) is 14.0 Å². The summed E-state index contributed by atoms with van der Waals surface area (Å²) in [5, 5.41) is 6.02. The Hall–Kier alpha value is -1.68. The predicted octanol–water partition coefficient (Wildman–Crippen LogP) is -0.000500. The largest absolute Gasteiger partial charge is 0.495 e. The van der Waals surface area contributed by atoms with E-state index in [-0.39, 0.29) is 23.4 Å². The molecule has 2 aliphatic heterocycles. The second-order valence-electron chi connectivity index (χ2n) is 6.99. The maximum Gasteiger partial charge on any atom is 0.246 e. The first-order valence-electron chi connectivity index (χ1n) is 9.28. The lowest BCUT2D eigenvalue weighted by atomic mass is 10.2. The van der Waals surface area contributed by atoms with Gasteiger partial charge in [0.15, 0.2) is 0 Å². The Labute approximate surface area is 160 Å². The number of benzene rings is 1. The molecule has 0 spiro atoms. The van der Waals surface area contributed by atoms with Crippen molar-refractivity contribution >= 4 is 15.9 Å². The summed E-state index contributed by atoms with van der Waals surface area (Å²) in [4.78, 5) is 13.7. The smallest absolute Gasteiger partial charge is 0.246 e. The average Bonchev–Trinajstić information content (AvgIpc) is 3.18. The fourth-order valence-electron chi connectivity index (χ4n) is 3.67. The summed E-state index contributed by atoms with van der Waals surface area (Å²) < 4.78 is 33.4. The first-order chi connectivity index (χ1) is 12.9. The molecule has 2 saturated heterocycles. The Morgan fingerprint density at radius 1 is 1.30 bits per heavy atom. The van der Waals surface area contributed by atoms with Crippen molar-refractivity contribution < 1.29 is 17.9 Å². The number of hydrogen-bond donors (Lipinski definition) is 2. The molecule has 0 aliphatic carbocycles. The fraction of sp³-hybridized carbons (Fsp3) is 0.611. The van der Waals surface area contributed by atoms with Gasteiger partial charge in [-0.25, -0.2) is 8.42 Å². The first kappa shape index (κ1) is 20.1. The van der Waals surface area contributed by atoms with E-state index in [1.807, 2.05) is 0 Å². The molecule has 9 heteroatoms. The minimum absolute atomic E-state index is 0.159. The van der Waals surface area contributed by atoms with Crippen LogP contribution in [0.3, 0.4) is 0 Å². The van der Waals surface area contributed by atoms with Crippen molar-refractivity contribution in [2.24, 2.45) is 0 Å². The van der Waals surface area contributed by atoms with Crippen LogP contribution in [0.25, 0.3) is 0 Å². The summed E-state index contributed by atoms with van der Waals surface area (Å²) in [5.74, 6) is 0.167. The molecule has 2 heterocycles. The van der Waals surface area contributed by atoms with Gasteiger partial charge < -0.3 is 15.4 Å². The lowest BCUT2D eigenvalue weighted by molar-refractivity contribution is -0.119. The monoisotopic (exact) mass is 396 g/mol. The van der Waals surface area contributed by atoms with Crippen LogP contribution in [0.5, 0.6) is 5.75 Å². The van der Waals surface area contributed by atoms with Crippen molar-refractivity contribution in [3.8, 4) is 5.75 Å². The van der Waals surface area contributed by atoms with E-state index in [1.54, 1.807) is 22.5 Å². The Morgan fingerprint density at radius 3 is 2.70 bits per heavy atom. The van der Waals surface area contributed by atoms with Crippen molar-refractivity contribution in [3.63, 3.8) is 0 Å². The van der Waals surface area contributed by atoms with Crippen LogP contribution in [0, 0.1) is 0 Å². The number of carbonyl (C=O) groups excluding carboxylic acids is 1. The second-order valence-corrected chi connectivity index (χ2v) is 8.89. The molecule has 1 aromatic rings. The molecular weight excluding hydrogens is 368 g/mol. The zero-order valence-corrected chi connectivity index (χ0v) is 16.7. The minimum Gasteiger partial charge on any atom is -0.495 e. The van der Waals surface area contributed by atoms with E-state index in [9.17, 15) is 13.2 Å². The van der Waals surface area contributed by atoms with Gasteiger partial charge in [-0.1, -0.05) is 6.07 Å². The number of rotatable bonds is 6. The zero-order chi connectivity index (χ0) is 19.4. The topological polar surface area (TPSA) is 91.0 Å². The molecule has 0 bridgehead atoms. The third kappa shape index (κ3) is 4.60. The number of nitrogens with zero attached hydrogens (tertiary/aromatic N) is 2. The molecule has 8 nitrogen and oxygen atoms in total. The Balaban J connectivity index is 1.79. The summed E-state index contributed by atoms with van der Waals surface area (Å²) in [5.41, 5.74) is 0.724. The van der Waals surface area contributed by atoms with Crippen molar-refractivity contribution in [3.05, 3.63) is 23.8 Å². The summed E-state index contributed by atoms with van der Waals surface area (Å²) >= 11 is 0. The number of hydrogen-bond acceptors (Lipinski definition) is 6. The minimum atomic E-state index is -3.66. The molecule has 1 amide bonds. The van der Waals surface area contributed by atoms with Crippen LogP contribution in [0.2, 0.25) is 0 Å². The Morgan fingerprint density at radius 2 is 2.04 bits per heavy atom. The zero-order valence-electron chi connectivity index (χ0n) is 15.9. The maximum atomic E-state index is 13.3. The molecule has 150 valence electrons. The predicted molar refractivity (Wildman–Crippen MR) is 102 cm³/mol. The van der Waals surface area contributed by atoms with Gasteiger partial charge in [-0.15, -0.1) is 0 Å². The highest BCUT2D eigenvalue weighted by Gasteiger charge is 2.36. The summed E-state index contributed by atoms with van der Waals surface area (Å²) in [6.45, 7) is 6.52. The number of nitrogens with one attached hydrogen (secondary N) is 2. The van der Waals surface area contributed by atoms with E-state index in [0.29, 0.717) is 18.8 Å². The van der Waals surface area contributed by atoms with Gasteiger partial charge in [-0.3, -0.25) is 9.69 Å². The van der Waals surface area contributed by atoms with Crippen LogP contribution < -0.4 is 15.4 Å². The highest BCUT2D eigenvalue weighted by Crippen LogP contribution is 2.31. The molecule has 0 saturated carbocycles. The van der Waals surface area contributed by atoms with Crippen LogP contribution in [0.15, 0.2) is 23.1 Å². The number of amides is 1. The van der Waals surface area contributed by atoms with Gasteiger partial charge in [-0.2, -0.15) is 4.31 Å². The van der Waals surface area contributed by atoms with Gasteiger partial charge in [0.25, 0.3) is 0 Å².